The molecule has 6 nitrogen and oxygen atoms in total. The van der Waals surface area contributed by atoms with Gasteiger partial charge >= 0.3 is 6.03 Å². The topological polar surface area (TPSA) is 71.8 Å². The predicted molar refractivity (Wildman–Crippen MR) is 67.4 cm³/mol. The van der Waals surface area contributed by atoms with Gasteiger partial charge < -0.3 is 0 Å². The van der Waals surface area contributed by atoms with Crippen LogP contribution >= 0.6 is 11.3 Å². The number of aryl methyl sites for hydroxylation is 3. The Bertz CT molecular complexity index is 525. The molecule has 2 heterocycles. The Morgan fingerprint density at radius 1 is 1.41 bits per heavy atom. The van der Waals surface area contributed by atoms with Crippen molar-refractivity contribution in [1.82, 2.24) is 14.8 Å². The van der Waals surface area contributed by atoms with Crippen molar-refractivity contribution in [3.05, 3.63) is 22.8 Å². The van der Waals surface area contributed by atoms with Crippen LogP contribution in [-0.2, 0) is 7.05 Å². The molecule has 90 valence electrons. The molecule has 0 aliphatic heterocycles. The Hall–Kier alpha value is -1.89. The molecule has 17 heavy (non-hydrogen) atoms. The predicted octanol–water partition coefficient (Wildman–Crippen LogP) is 2.14. The van der Waals surface area contributed by atoms with Crippen molar-refractivity contribution < 1.29 is 4.79 Å². The highest BCUT2D eigenvalue weighted by Gasteiger charge is 2.07. The van der Waals surface area contributed by atoms with Gasteiger partial charge in [0.1, 0.15) is 0 Å². The van der Waals surface area contributed by atoms with Crippen LogP contribution in [0.3, 0.4) is 0 Å². The second kappa shape index (κ2) is 4.54. The van der Waals surface area contributed by atoms with Crippen LogP contribution in [0.1, 0.15) is 11.4 Å². The number of carbonyl (C=O) groups is 1. The lowest BCUT2D eigenvalue weighted by molar-refractivity contribution is 0.262. The SMILES string of the molecule is Cc1csc(NC(=O)Nc2cc(C)n(C)n2)n1. The van der Waals surface area contributed by atoms with Crippen LogP contribution in [0.25, 0.3) is 0 Å². The summed E-state index contributed by atoms with van der Waals surface area (Å²) in [5, 5.41) is 11.9. The molecule has 2 aromatic rings. The molecule has 0 spiro atoms. The third-order valence-corrected chi connectivity index (χ3v) is 3.07. The van der Waals surface area contributed by atoms with Gasteiger partial charge in [-0.15, -0.1) is 11.3 Å². The van der Waals surface area contributed by atoms with Gasteiger partial charge in [-0.3, -0.25) is 15.3 Å². The monoisotopic (exact) mass is 251 g/mol. The summed E-state index contributed by atoms with van der Waals surface area (Å²) >= 11 is 1.39. The van der Waals surface area contributed by atoms with E-state index in [1.807, 2.05) is 26.3 Å². The minimum atomic E-state index is -0.336. The molecule has 2 aromatic heterocycles. The van der Waals surface area contributed by atoms with Crippen LogP contribution in [0.15, 0.2) is 11.4 Å². The molecule has 7 heteroatoms. The van der Waals surface area contributed by atoms with Crippen molar-refractivity contribution in [2.45, 2.75) is 13.8 Å². The molecular weight excluding hydrogens is 238 g/mol. The summed E-state index contributed by atoms with van der Waals surface area (Å²) in [5.41, 5.74) is 1.87. The van der Waals surface area contributed by atoms with Gasteiger partial charge in [0.05, 0.1) is 5.69 Å². The van der Waals surface area contributed by atoms with Crippen LogP contribution in [0.4, 0.5) is 15.7 Å². The fourth-order valence-corrected chi connectivity index (χ4v) is 1.96. The summed E-state index contributed by atoms with van der Waals surface area (Å²) in [7, 11) is 1.82. The lowest BCUT2D eigenvalue weighted by Gasteiger charge is -2.01. The van der Waals surface area contributed by atoms with Gasteiger partial charge in [0.15, 0.2) is 10.9 Å². The molecule has 0 radical (unpaired) electrons. The zero-order chi connectivity index (χ0) is 12.4. The van der Waals surface area contributed by atoms with Gasteiger partial charge in [-0.1, -0.05) is 0 Å². The van der Waals surface area contributed by atoms with Gasteiger partial charge in [-0.05, 0) is 13.8 Å². The highest BCUT2D eigenvalue weighted by atomic mass is 32.1. The summed E-state index contributed by atoms with van der Waals surface area (Å²) in [6.45, 7) is 3.79. The van der Waals surface area contributed by atoms with Crippen molar-refractivity contribution in [2.75, 3.05) is 10.6 Å². The summed E-state index contributed by atoms with van der Waals surface area (Å²) < 4.78 is 1.70. The number of nitrogens with one attached hydrogen (secondary N) is 2. The molecule has 0 unspecified atom stereocenters. The second-order valence-electron chi connectivity index (χ2n) is 3.67. The molecule has 2 amide bonds. The maximum atomic E-state index is 11.6. The quantitative estimate of drug-likeness (QED) is 0.859. The molecule has 0 saturated heterocycles. The fraction of sp³-hybridized carbons (Fsp3) is 0.300. The van der Waals surface area contributed by atoms with E-state index in [4.69, 9.17) is 0 Å². The molecule has 0 fully saturated rings. The number of thiazole rings is 1. The average Bonchev–Trinajstić information content (AvgIpc) is 2.75. The molecule has 2 rings (SSSR count). The number of rotatable bonds is 2. The minimum absolute atomic E-state index is 0.336. The van der Waals surface area contributed by atoms with Crippen molar-refractivity contribution in [1.29, 1.82) is 0 Å². The molecule has 0 saturated carbocycles. The molecule has 0 aliphatic carbocycles. The first-order valence-corrected chi connectivity index (χ1v) is 5.93. The van der Waals surface area contributed by atoms with Gasteiger partial charge in [-0.25, -0.2) is 9.78 Å². The number of urea groups is 1. The fourth-order valence-electron chi connectivity index (χ4n) is 1.28. The van der Waals surface area contributed by atoms with Crippen LogP contribution in [-0.4, -0.2) is 20.8 Å². The first kappa shape index (κ1) is 11.6. The largest absolute Gasteiger partial charge is 0.326 e. The lowest BCUT2D eigenvalue weighted by Crippen LogP contribution is -2.19. The average molecular weight is 251 g/mol. The first-order valence-electron chi connectivity index (χ1n) is 5.05. The van der Waals surface area contributed by atoms with E-state index < -0.39 is 0 Å². The van der Waals surface area contributed by atoms with E-state index >= 15 is 0 Å². The third-order valence-electron chi connectivity index (χ3n) is 2.19. The number of carbonyl (C=O) groups excluding carboxylic acids is 1. The van der Waals surface area contributed by atoms with E-state index in [1.54, 1.807) is 10.7 Å². The van der Waals surface area contributed by atoms with Crippen LogP contribution in [0.2, 0.25) is 0 Å². The van der Waals surface area contributed by atoms with Gasteiger partial charge in [-0.2, -0.15) is 5.10 Å². The van der Waals surface area contributed by atoms with E-state index in [1.165, 1.54) is 11.3 Å². The number of hydrogen-bond acceptors (Lipinski definition) is 4. The normalized spacial score (nSPS) is 10.3. The van der Waals surface area contributed by atoms with Crippen LogP contribution in [0.5, 0.6) is 0 Å². The molecule has 0 bridgehead atoms. The number of nitrogens with zero attached hydrogens (tertiary/aromatic N) is 3. The molecule has 2 N–H and O–H groups in total. The molecular formula is C10H13N5OS. The first-order chi connectivity index (χ1) is 8.04. The van der Waals surface area contributed by atoms with Crippen LogP contribution < -0.4 is 10.6 Å². The van der Waals surface area contributed by atoms with Gasteiger partial charge in [0.25, 0.3) is 0 Å². The maximum absolute atomic E-state index is 11.6. The Balaban J connectivity index is 1.97. The summed E-state index contributed by atoms with van der Waals surface area (Å²) in [6.07, 6.45) is 0. The van der Waals surface area contributed by atoms with Crippen molar-refractivity contribution >= 4 is 28.3 Å². The zero-order valence-corrected chi connectivity index (χ0v) is 10.6. The second-order valence-corrected chi connectivity index (χ2v) is 4.53. The Kier molecular flexibility index (Phi) is 3.10. The van der Waals surface area contributed by atoms with Crippen molar-refractivity contribution in [3.8, 4) is 0 Å². The molecule has 0 atom stereocenters. The van der Waals surface area contributed by atoms with E-state index in [2.05, 4.69) is 20.7 Å². The van der Waals surface area contributed by atoms with Gasteiger partial charge in [0, 0.05) is 24.2 Å². The summed E-state index contributed by atoms with van der Waals surface area (Å²) in [6, 6.07) is 1.46. The highest BCUT2D eigenvalue weighted by molar-refractivity contribution is 7.13. The summed E-state index contributed by atoms with van der Waals surface area (Å²) in [5.74, 6) is 0.524. The van der Waals surface area contributed by atoms with Crippen molar-refractivity contribution in [3.63, 3.8) is 0 Å². The van der Waals surface area contributed by atoms with E-state index in [0.29, 0.717) is 10.9 Å². The van der Waals surface area contributed by atoms with E-state index in [-0.39, 0.29) is 6.03 Å². The zero-order valence-electron chi connectivity index (χ0n) is 9.81. The Labute approximate surface area is 103 Å². The minimum Gasteiger partial charge on any atom is -0.291 e. The maximum Gasteiger partial charge on any atom is 0.326 e. The number of aromatic nitrogens is 3. The van der Waals surface area contributed by atoms with Crippen molar-refractivity contribution in [2.24, 2.45) is 7.05 Å². The highest BCUT2D eigenvalue weighted by Crippen LogP contribution is 2.15. The number of anilines is 2. The number of hydrogen-bond donors (Lipinski definition) is 2. The lowest BCUT2D eigenvalue weighted by atomic mass is 10.5. The smallest absolute Gasteiger partial charge is 0.291 e. The Morgan fingerprint density at radius 2 is 2.18 bits per heavy atom. The summed E-state index contributed by atoms with van der Waals surface area (Å²) in [4.78, 5) is 15.7. The van der Waals surface area contributed by atoms with E-state index in [0.717, 1.165) is 11.4 Å². The number of amides is 2. The standard InChI is InChI=1S/C10H13N5OS/c1-6-5-17-10(11-6)13-9(16)12-8-4-7(2)15(3)14-8/h4-5H,1-3H3,(H2,11,12,13,14,16). The Morgan fingerprint density at radius 3 is 2.71 bits per heavy atom. The third kappa shape index (κ3) is 2.82. The van der Waals surface area contributed by atoms with Gasteiger partial charge in [0.2, 0.25) is 0 Å². The molecule has 0 aliphatic rings. The van der Waals surface area contributed by atoms with E-state index in [9.17, 15) is 4.79 Å². The van der Waals surface area contributed by atoms with Crippen LogP contribution in [0, 0.1) is 13.8 Å². The molecule has 0 aromatic carbocycles.